The molecule has 4 nitrogen and oxygen atoms in total. The lowest BCUT2D eigenvalue weighted by Crippen LogP contribution is -2.39. The minimum absolute atomic E-state index is 0.127. The van der Waals surface area contributed by atoms with E-state index in [-0.39, 0.29) is 11.7 Å². The van der Waals surface area contributed by atoms with Gasteiger partial charge in [0.2, 0.25) is 5.91 Å². The number of halogens is 1. The van der Waals surface area contributed by atoms with Crippen molar-refractivity contribution >= 4 is 35.3 Å². The SMILES string of the molecule is O=C(CSc1ccccc1Cl)NC(=O)NCc1ccccc1. The fourth-order valence-corrected chi connectivity index (χ4v) is 2.73. The molecule has 0 saturated heterocycles. The molecular formula is C16H15ClN2O2S. The number of hydrogen-bond acceptors (Lipinski definition) is 3. The molecule has 0 aromatic heterocycles. The van der Waals surface area contributed by atoms with Crippen molar-refractivity contribution in [1.29, 1.82) is 0 Å². The summed E-state index contributed by atoms with van der Waals surface area (Å²) in [5.74, 6) is -0.238. The highest BCUT2D eigenvalue weighted by atomic mass is 35.5. The second-order valence-corrected chi connectivity index (χ2v) is 5.86. The number of rotatable bonds is 5. The molecular weight excluding hydrogens is 320 g/mol. The maximum Gasteiger partial charge on any atom is 0.321 e. The van der Waals surface area contributed by atoms with Crippen LogP contribution in [0.3, 0.4) is 0 Å². The first-order valence-electron chi connectivity index (χ1n) is 6.64. The number of thioether (sulfide) groups is 1. The van der Waals surface area contributed by atoms with Crippen LogP contribution in [0.5, 0.6) is 0 Å². The van der Waals surface area contributed by atoms with Crippen molar-refractivity contribution in [2.24, 2.45) is 0 Å². The van der Waals surface area contributed by atoms with Gasteiger partial charge in [-0.05, 0) is 17.7 Å². The van der Waals surface area contributed by atoms with Gasteiger partial charge in [-0.25, -0.2) is 4.79 Å². The maximum absolute atomic E-state index is 11.7. The third-order valence-electron chi connectivity index (χ3n) is 2.74. The third kappa shape index (κ3) is 5.42. The summed E-state index contributed by atoms with van der Waals surface area (Å²) in [6.07, 6.45) is 0. The van der Waals surface area contributed by atoms with Crippen molar-refractivity contribution in [3.63, 3.8) is 0 Å². The van der Waals surface area contributed by atoms with Gasteiger partial charge in [0.15, 0.2) is 0 Å². The fraction of sp³-hybridized carbons (Fsp3) is 0.125. The van der Waals surface area contributed by atoms with E-state index in [1.807, 2.05) is 48.5 Å². The molecule has 0 unspecified atom stereocenters. The van der Waals surface area contributed by atoms with Crippen LogP contribution in [0.4, 0.5) is 4.79 Å². The summed E-state index contributed by atoms with van der Waals surface area (Å²) in [4.78, 5) is 24.1. The van der Waals surface area contributed by atoms with Gasteiger partial charge in [-0.15, -0.1) is 11.8 Å². The predicted octanol–water partition coefficient (Wildman–Crippen LogP) is 3.46. The van der Waals surface area contributed by atoms with Crippen molar-refractivity contribution < 1.29 is 9.59 Å². The first-order chi connectivity index (χ1) is 10.6. The zero-order valence-electron chi connectivity index (χ0n) is 11.7. The largest absolute Gasteiger partial charge is 0.334 e. The van der Waals surface area contributed by atoms with Crippen molar-refractivity contribution in [2.75, 3.05) is 5.75 Å². The Morgan fingerprint density at radius 2 is 1.68 bits per heavy atom. The molecule has 0 atom stereocenters. The summed E-state index contributed by atoms with van der Waals surface area (Å²) in [7, 11) is 0. The van der Waals surface area contributed by atoms with Crippen molar-refractivity contribution in [1.82, 2.24) is 10.6 Å². The molecule has 0 saturated carbocycles. The van der Waals surface area contributed by atoms with Gasteiger partial charge in [0.25, 0.3) is 0 Å². The van der Waals surface area contributed by atoms with E-state index in [2.05, 4.69) is 10.6 Å². The van der Waals surface area contributed by atoms with E-state index in [0.717, 1.165) is 10.5 Å². The topological polar surface area (TPSA) is 58.2 Å². The Morgan fingerprint density at radius 1 is 1.00 bits per heavy atom. The van der Waals surface area contributed by atoms with E-state index in [1.165, 1.54) is 11.8 Å². The minimum atomic E-state index is -0.506. The van der Waals surface area contributed by atoms with Gasteiger partial charge in [0.1, 0.15) is 0 Å². The monoisotopic (exact) mass is 334 g/mol. The van der Waals surface area contributed by atoms with Gasteiger partial charge in [0.05, 0.1) is 10.8 Å². The summed E-state index contributed by atoms with van der Waals surface area (Å²) in [5.41, 5.74) is 0.968. The molecule has 22 heavy (non-hydrogen) atoms. The van der Waals surface area contributed by atoms with Gasteiger partial charge in [-0.1, -0.05) is 54.1 Å². The van der Waals surface area contributed by atoms with Gasteiger partial charge in [-0.2, -0.15) is 0 Å². The van der Waals surface area contributed by atoms with Crippen molar-refractivity contribution in [3.8, 4) is 0 Å². The van der Waals surface area contributed by atoms with Crippen LogP contribution in [0.15, 0.2) is 59.5 Å². The number of carbonyl (C=O) groups excluding carboxylic acids is 2. The normalized spacial score (nSPS) is 10.0. The van der Waals surface area contributed by atoms with E-state index in [0.29, 0.717) is 11.6 Å². The number of hydrogen-bond donors (Lipinski definition) is 2. The van der Waals surface area contributed by atoms with Crippen LogP contribution in [0.25, 0.3) is 0 Å². The zero-order chi connectivity index (χ0) is 15.8. The summed E-state index contributed by atoms with van der Waals surface area (Å²) >= 11 is 7.29. The Kier molecular flexibility index (Phi) is 6.30. The smallest absolute Gasteiger partial charge is 0.321 e. The highest BCUT2D eigenvalue weighted by molar-refractivity contribution is 8.00. The molecule has 2 aromatic carbocycles. The van der Waals surface area contributed by atoms with Crippen LogP contribution in [0.1, 0.15) is 5.56 Å². The molecule has 2 aromatic rings. The van der Waals surface area contributed by atoms with Crippen molar-refractivity contribution in [3.05, 3.63) is 65.2 Å². The van der Waals surface area contributed by atoms with E-state index in [4.69, 9.17) is 11.6 Å². The number of nitrogens with one attached hydrogen (secondary N) is 2. The standard InChI is InChI=1S/C16H15ClN2O2S/c17-13-8-4-5-9-14(13)22-11-15(20)19-16(21)18-10-12-6-2-1-3-7-12/h1-9H,10-11H2,(H2,18,19,20,21). The predicted molar refractivity (Wildman–Crippen MR) is 89.0 cm³/mol. The maximum atomic E-state index is 11.7. The van der Waals surface area contributed by atoms with Crippen LogP contribution >= 0.6 is 23.4 Å². The molecule has 0 aliphatic carbocycles. The second kappa shape index (κ2) is 8.46. The molecule has 0 bridgehead atoms. The lowest BCUT2D eigenvalue weighted by Gasteiger charge is -2.07. The third-order valence-corrected chi connectivity index (χ3v) is 4.26. The van der Waals surface area contributed by atoms with E-state index in [9.17, 15) is 9.59 Å². The Morgan fingerprint density at radius 3 is 2.41 bits per heavy atom. The molecule has 0 spiro atoms. The van der Waals surface area contributed by atoms with E-state index in [1.54, 1.807) is 6.07 Å². The Balaban J connectivity index is 1.72. The molecule has 2 N–H and O–H groups in total. The number of carbonyl (C=O) groups is 2. The van der Waals surface area contributed by atoms with Crippen LogP contribution < -0.4 is 10.6 Å². The Hall–Kier alpha value is -1.98. The molecule has 3 amide bonds. The Labute approximate surface area is 138 Å². The molecule has 0 radical (unpaired) electrons. The highest BCUT2D eigenvalue weighted by Gasteiger charge is 2.09. The average molecular weight is 335 g/mol. The number of amides is 3. The average Bonchev–Trinajstić information content (AvgIpc) is 2.53. The number of urea groups is 1. The fourth-order valence-electron chi connectivity index (χ4n) is 1.69. The zero-order valence-corrected chi connectivity index (χ0v) is 13.3. The van der Waals surface area contributed by atoms with Crippen LogP contribution in [-0.4, -0.2) is 17.7 Å². The second-order valence-electron chi connectivity index (χ2n) is 4.44. The lowest BCUT2D eigenvalue weighted by molar-refractivity contribution is -0.117. The van der Waals surface area contributed by atoms with Crippen LogP contribution in [0, 0.1) is 0 Å². The molecule has 0 aliphatic rings. The van der Waals surface area contributed by atoms with Crippen molar-refractivity contribution in [2.45, 2.75) is 11.4 Å². The summed E-state index contributed by atoms with van der Waals surface area (Å²) < 4.78 is 0. The van der Waals surface area contributed by atoms with E-state index < -0.39 is 6.03 Å². The quantitative estimate of drug-likeness (QED) is 0.823. The number of imide groups is 1. The highest BCUT2D eigenvalue weighted by Crippen LogP contribution is 2.26. The first kappa shape index (κ1) is 16.4. The molecule has 2 rings (SSSR count). The van der Waals surface area contributed by atoms with Crippen LogP contribution in [-0.2, 0) is 11.3 Å². The summed E-state index contributed by atoms with van der Waals surface area (Å²) in [6, 6.07) is 16.2. The molecule has 0 aliphatic heterocycles. The number of benzene rings is 2. The lowest BCUT2D eigenvalue weighted by atomic mass is 10.2. The summed E-state index contributed by atoms with van der Waals surface area (Å²) in [5, 5.41) is 5.51. The van der Waals surface area contributed by atoms with E-state index >= 15 is 0 Å². The van der Waals surface area contributed by atoms with Gasteiger partial charge in [-0.3, -0.25) is 10.1 Å². The molecule has 6 heteroatoms. The van der Waals surface area contributed by atoms with Gasteiger partial charge >= 0.3 is 6.03 Å². The van der Waals surface area contributed by atoms with Crippen LogP contribution in [0.2, 0.25) is 5.02 Å². The molecule has 0 heterocycles. The minimum Gasteiger partial charge on any atom is -0.334 e. The van der Waals surface area contributed by atoms with Gasteiger partial charge < -0.3 is 5.32 Å². The molecule has 114 valence electrons. The molecule has 0 fully saturated rings. The summed E-state index contributed by atoms with van der Waals surface area (Å²) in [6.45, 7) is 0.373. The van der Waals surface area contributed by atoms with Gasteiger partial charge in [0, 0.05) is 11.4 Å². The Bertz CT molecular complexity index is 650. The first-order valence-corrected chi connectivity index (χ1v) is 8.00.